The molecule has 94 valence electrons. The summed E-state index contributed by atoms with van der Waals surface area (Å²) in [6.45, 7) is 2.95. The van der Waals surface area contributed by atoms with Gasteiger partial charge >= 0.3 is 12.1 Å². The summed E-state index contributed by atoms with van der Waals surface area (Å²) in [6, 6.07) is 0. The molecule has 6 nitrogen and oxygen atoms in total. The van der Waals surface area contributed by atoms with Crippen LogP contribution in [0.2, 0.25) is 0 Å². The fourth-order valence-corrected chi connectivity index (χ4v) is 0.883. The summed E-state index contributed by atoms with van der Waals surface area (Å²) >= 11 is 0. The molecule has 1 amide bonds. The van der Waals surface area contributed by atoms with Crippen LogP contribution in [0.15, 0.2) is 0 Å². The van der Waals surface area contributed by atoms with E-state index in [0.717, 1.165) is 12.8 Å². The third kappa shape index (κ3) is 4.97. The maximum absolute atomic E-state index is 11.6. The summed E-state index contributed by atoms with van der Waals surface area (Å²) in [7, 11) is 0. The number of aliphatic hydroxyl groups excluding tert-OH is 1. The monoisotopic (exact) mass is 233 g/mol. The number of ether oxygens (including phenoxy) is 2. The topological polar surface area (TPSA) is 98.8 Å². The third-order valence-electron chi connectivity index (χ3n) is 2.11. The normalized spacial score (nSPS) is 13.9. The highest BCUT2D eigenvalue weighted by Gasteiger charge is 2.35. The first-order valence-electron chi connectivity index (χ1n) is 5.16. The van der Waals surface area contributed by atoms with Crippen molar-refractivity contribution in [3.05, 3.63) is 0 Å². The fourth-order valence-electron chi connectivity index (χ4n) is 0.883. The van der Waals surface area contributed by atoms with Crippen molar-refractivity contribution in [2.45, 2.75) is 26.7 Å². The van der Waals surface area contributed by atoms with E-state index in [1.54, 1.807) is 0 Å². The molecule has 0 radical (unpaired) electrons. The zero-order chi connectivity index (χ0) is 12.6. The van der Waals surface area contributed by atoms with Crippen molar-refractivity contribution >= 4 is 12.1 Å². The van der Waals surface area contributed by atoms with Gasteiger partial charge in [-0.3, -0.25) is 4.79 Å². The van der Waals surface area contributed by atoms with Crippen molar-refractivity contribution in [1.29, 1.82) is 0 Å². The zero-order valence-electron chi connectivity index (χ0n) is 9.69. The molecule has 0 fully saturated rings. The van der Waals surface area contributed by atoms with Crippen LogP contribution in [0.3, 0.4) is 0 Å². The standard InChI is InChI=1S/C10H19NO5/c1-3-4-5-15-8(13)10(2,6-12)7-16-9(11)14/h12H,3-7H2,1-2H3,(H2,11,14). The van der Waals surface area contributed by atoms with E-state index >= 15 is 0 Å². The molecule has 0 aromatic carbocycles. The Morgan fingerprint density at radius 1 is 1.38 bits per heavy atom. The van der Waals surface area contributed by atoms with E-state index in [-0.39, 0.29) is 6.61 Å². The number of primary amides is 1. The van der Waals surface area contributed by atoms with Crippen molar-refractivity contribution in [3.8, 4) is 0 Å². The quantitative estimate of drug-likeness (QED) is 0.490. The molecule has 0 aliphatic rings. The Balaban J connectivity index is 4.20. The second-order valence-corrected chi connectivity index (χ2v) is 3.82. The highest BCUT2D eigenvalue weighted by atomic mass is 16.6. The number of nitrogens with two attached hydrogens (primary N) is 1. The molecule has 0 spiro atoms. The average Bonchev–Trinajstić information content (AvgIpc) is 2.26. The Bertz CT molecular complexity index is 243. The first-order chi connectivity index (χ1) is 7.46. The molecule has 3 N–H and O–H groups in total. The van der Waals surface area contributed by atoms with Crippen LogP contribution in [0.5, 0.6) is 0 Å². The van der Waals surface area contributed by atoms with Crippen molar-refractivity contribution in [3.63, 3.8) is 0 Å². The summed E-state index contributed by atoms with van der Waals surface area (Å²) in [5.74, 6) is -0.593. The lowest BCUT2D eigenvalue weighted by Crippen LogP contribution is -2.39. The van der Waals surface area contributed by atoms with E-state index in [0.29, 0.717) is 6.61 Å². The van der Waals surface area contributed by atoms with E-state index in [1.807, 2.05) is 6.92 Å². The average molecular weight is 233 g/mol. The summed E-state index contributed by atoms with van der Waals surface area (Å²) in [5.41, 5.74) is 3.53. The van der Waals surface area contributed by atoms with E-state index < -0.39 is 24.1 Å². The van der Waals surface area contributed by atoms with Crippen LogP contribution in [0, 0.1) is 5.41 Å². The number of unbranched alkanes of at least 4 members (excludes halogenated alkanes) is 1. The van der Waals surface area contributed by atoms with Crippen LogP contribution in [0.25, 0.3) is 0 Å². The van der Waals surface area contributed by atoms with Gasteiger partial charge in [0.05, 0.1) is 13.2 Å². The van der Waals surface area contributed by atoms with Crippen LogP contribution in [-0.2, 0) is 14.3 Å². The van der Waals surface area contributed by atoms with Gasteiger partial charge < -0.3 is 20.3 Å². The minimum Gasteiger partial charge on any atom is -0.465 e. The Labute approximate surface area is 94.7 Å². The molecule has 0 aromatic heterocycles. The van der Waals surface area contributed by atoms with Gasteiger partial charge in [-0.25, -0.2) is 4.79 Å². The van der Waals surface area contributed by atoms with Gasteiger partial charge in [-0.1, -0.05) is 13.3 Å². The Hall–Kier alpha value is -1.30. The lowest BCUT2D eigenvalue weighted by molar-refractivity contribution is -0.160. The van der Waals surface area contributed by atoms with Gasteiger partial charge in [0, 0.05) is 0 Å². The summed E-state index contributed by atoms with van der Waals surface area (Å²) in [5, 5.41) is 9.09. The van der Waals surface area contributed by atoms with Gasteiger partial charge in [0.15, 0.2) is 0 Å². The number of amides is 1. The van der Waals surface area contributed by atoms with Crippen LogP contribution in [0.4, 0.5) is 4.79 Å². The Kier molecular flexibility index (Phi) is 6.48. The van der Waals surface area contributed by atoms with Gasteiger partial charge in [-0.2, -0.15) is 0 Å². The highest BCUT2D eigenvalue weighted by molar-refractivity contribution is 5.77. The summed E-state index contributed by atoms with van der Waals surface area (Å²) < 4.78 is 9.44. The van der Waals surface area contributed by atoms with Gasteiger partial charge in [-0.15, -0.1) is 0 Å². The number of carbonyl (C=O) groups is 2. The molecule has 0 heterocycles. The molecule has 6 heteroatoms. The van der Waals surface area contributed by atoms with Crippen molar-refractivity contribution < 1.29 is 24.2 Å². The van der Waals surface area contributed by atoms with E-state index in [4.69, 9.17) is 15.6 Å². The predicted molar refractivity (Wildman–Crippen MR) is 56.6 cm³/mol. The predicted octanol–water partition coefficient (Wildman–Crippen LogP) is 0.424. The minimum atomic E-state index is -1.25. The number of hydrogen-bond acceptors (Lipinski definition) is 5. The maximum atomic E-state index is 11.6. The van der Waals surface area contributed by atoms with E-state index in [2.05, 4.69) is 4.74 Å². The van der Waals surface area contributed by atoms with Gasteiger partial charge in [0.2, 0.25) is 0 Å². The molecule has 16 heavy (non-hydrogen) atoms. The first-order valence-corrected chi connectivity index (χ1v) is 5.16. The van der Waals surface area contributed by atoms with E-state index in [1.165, 1.54) is 6.92 Å². The zero-order valence-corrected chi connectivity index (χ0v) is 9.69. The van der Waals surface area contributed by atoms with Gasteiger partial charge in [0.25, 0.3) is 0 Å². The Morgan fingerprint density at radius 3 is 2.44 bits per heavy atom. The van der Waals surface area contributed by atoms with Crippen LogP contribution >= 0.6 is 0 Å². The third-order valence-corrected chi connectivity index (χ3v) is 2.11. The minimum absolute atomic E-state index is 0.288. The molecular formula is C10H19NO5. The largest absolute Gasteiger partial charge is 0.465 e. The smallest absolute Gasteiger partial charge is 0.404 e. The fraction of sp³-hybridized carbons (Fsp3) is 0.800. The Morgan fingerprint density at radius 2 is 2.00 bits per heavy atom. The molecule has 0 saturated carbocycles. The summed E-state index contributed by atoms with van der Waals surface area (Å²) in [6.07, 6.45) is 0.672. The number of carbonyl (C=O) groups excluding carboxylic acids is 2. The summed E-state index contributed by atoms with van der Waals surface area (Å²) in [4.78, 5) is 22.0. The molecule has 0 bridgehead atoms. The van der Waals surface area contributed by atoms with Crippen LogP contribution < -0.4 is 5.73 Å². The number of hydrogen-bond donors (Lipinski definition) is 2. The molecule has 0 aliphatic carbocycles. The number of rotatable bonds is 7. The van der Waals surface area contributed by atoms with Crippen molar-refractivity contribution in [2.24, 2.45) is 11.1 Å². The van der Waals surface area contributed by atoms with Gasteiger partial charge in [-0.05, 0) is 13.3 Å². The highest BCUT2D eigenvalue weighted by Crippen LogP contribution is 2.18. The number of esters is 1. The molecule has 1 unspecified atom stereocenters. The van der Waals surface area contributed by atoms with Crippen molar-refractivity contribution in [1.82, 2.24) is 0 Å². The molecular weight excluding hydrogens is 214 g/mol. The molecule has 0 rings (SSSR count). The van der Waals surface area contributed by atoms with Crippen LogP contribution in [-0.4, -0.2) is 37.0 Å². The molecule has 0 aromatic rings. The SMILES string of the molecule is CCCCOC(=O)C(C)(CO)COC(N)=O. The second kappa shape index (κ2) is 7.05. The lowest BCUT2D eigenvalue weighted by atomic mass is 9.93. The van der Waals surface area contributed by atoms with Gasteiger partial charge in [0.1, 0.15) is 12.0 Å². The molecule has 0 saturated heterocycles. The molecule has 0 aliphatic heterocycles. The van der Waals surface area contributed by atoms with Crippen LogP contribution in [0.1, 0.15) is 26.7 Å². The second-order valence-electron chi connectivity index (χ2n) is 3.82. The lowest BCUT2D eigenvalue weighted by Gasteiger charge is -2.23. The first kappa shape index (κ1) is 14.7. The van der Waals surface area contributed by atoms with E-state index in [9.17, 15) is 9.59 Å². The number of aliphatic hydroxyl groups is 1. The maximum Gasteiger partial charge on any atom is 0.404 e. The molecule has 1 atom stereocenters. The van der Waals surface area contributed by atoms with Crippen molar-refractivity contribution in [2.75, 3.05) is 19.8 Å².